The van der Waals surface area contributed by atoms with Crippen molar-refractivity contribution in [3.05, 3.63) is 59.7 Å². The van der Waals surface area contributed by atoms with Gasteiger partial charge in [0.15, 0.2) is 6.61 Å². The van der Waals surface area contributed by atoms with E-state index in [2.05, 4.69) is 5.32 Å². The lowest BCUT2D eigenvalue weighted by Crippen LogP contribution is -2.33. The predicted molar refractivity (Wildman–Crippen MR) is 92.4 cm³/mol. The molecule has 0 bridgehead atoms. The third-order valence-electron chi connectivity index (χ3n) is 3.65. The Balaban J connectivity index is 1.86. The number of rotatable bonds is 8. The standard InChI is InChI=1S/C19H23NO4/c1-14-8-10-15(11-9-14)24-13-19(21)20-12-18(23-3)16-6-4-5-7-17(16)22-2/h4-11,18H,12-13H2,1-3H3,(H,20,21). The second kappa shape index (κ2) is 8.93. The van der Waals surface area contributed by atoms with Crippen LogP contribution in [0.2, 0.25) is 0 Å². The molecule has 128 valence electrons. The highest BCUT2D eigenvalue weighted by molar-refractivity contribution is 5.77. The van der Waals surface area contributed by atoms with Crippen molar-refractivity contribution >= 4 is 5.91 Å². The van der Waals surface area contributed by atoms with Gasteiger partial charge in [-0.3, -0.25) is 4.79 Å². The third kappa shape index (κ3) is 4.99. The molecule has 2 aromatic rings. The molecule has 0 aliphatic rings. The van der Waals surface area contributed by atoms with Crippen LogP contribution in [-0.2, 0) is 9.53 Å². The first kappa shape index (κ1) is 17.8. The molecule has 24 heavy (non-hydrogen) atoms. The fraction of sp³-hybridized carbons (Fsp3) is 0.316. The second-order valence-electron chi connectivity index (χ2n) is 5.37. The summed E-state index contributed by atoms with van der Waals surface area (Å²) in [5.74, 6) is 1.20. The van der Waals surface area contributed by atoms with Gasteiger partial charge in [0, 0.05) is 19.2 Å². The Labute approximate surface area is 142 Å². The molecule has 0 heterocycles. The van der Waals surface area contributed by atoms with E-state index in [4.69, 9.17) is 14.2 Å². The number of aryl methyl sites for hydroxylation is 1. The summed E-state index contributed by atoms with van der Waals surface area (Å²) in [4.78, 5) is 12.0. The molecule has 1 amide bonds. The van der Waals surface area contributed by atoms with Crippen molar-refractivity contribution in [2.75, 3.05) is 27.4 Å². The molecule has 2 rings (SSSR count). The number of para-hydroxylation sites is 1. The fourth-order valence-corrected chi connectivity index (χ4v) is 2.29. The molecule has 0 spiro atoms. The summed E-state index contributed by atoms with van der Waals surface area (Å²) in [5, 5.41) is 2.82. The number of carbonyl (C=O) groups is 1. The van der Waals surface area contributed by atoms with Gasteiger partial charge in [-0.15, -0.1) is 0 Å². The molecule has 0 fully saturated rings. The first-order valence-corrected chi connectivity index (χ1v) is 7.76. The Hall–Kier alpha value is -2.53. The number of ether oxygens (including phenoxy) is 3. The topological polar surface area (TPSA) is 56.8 Å². The molecule has 1 N–H and O–H groups in total. The molecule has 0 aliphatic carbocycles. The summed E-state index contributed by atoms with van der Waals surface area (Å²) in [7, 11) is 3.21. The quantitative estimate of drug-likeness (QED) is 0.809. The highest BCUT2D eigenvalue weighted by Crippen LogP contribution is 2.26. The minimum absolute atomic E-state index is 0.0363. The minimum Gasteiger partial charge on any atom is -0.496 e. The molecule has 0 aromatic heterocycles. The normalized spacial score (nSPS) is 11.6. The van der Waals surface area contributed by atoms with E-state index in [9.17, 15) is 4.79 Å². The van der Waals surface area contributed by atoms with E-state index < -0.39 is 0 Å². The molecule has 1 unspecified atom stereocenters. The molecule has 0 saturated heterocycles. The lowest BCUT2D eigenvalue weighted by atomic mass is 10.1. The summed E-state index contributed by atoms with van der Waals surface area (Å²) in [6.07, 6.45) is -0.288. The van der Waals surface area contributed by atoms with Gasteiger partial charge < -0.3 is 19.5 Å². The second-order valence-corrected chi connectivity index (χ2v) is 5.37. The molecular weight excluding hydrogens is 306 g/mol. The largest absolute Gasteiger partial charge is 0.496 e. The number of hydrogen-bond donors (Lipinski definition) is 1. The lowest BCUT2D eigenvalue weighted by Gasteiger charge is -2.19. The van der Waals surface area contributed by atoms with E-state index in [0.29, 0.717) is 12.3 Å². The van der Waals surface area contributed by atoms with Gasteiger partial charge in [0.1, 0.15) is 17.6 Å². The summed E-state index contributed by atoms with van der Waals surface area (Å²) in [6, 6.07) is 15.2. The van der Waals surface area contributed by atoms with Crippen molar-refractivity contribution in [3.8, 4) is 11.5 Å². The zero-order valence-electron chi connectivity index (χ0n) is 14.2. The Bertz CT molecular complexity index is 655. The van der Waals surface area contributed by atoms with Crippen molar-refractivity contribution < 1.29 is 19.0 Å². The van der Waals surface area contributed by atoms with Crippen LogP contribution in [0.1, 0.15) is 17.2 Å². The van der Waals surface area contributed by atoms with Crippen LogP contribution < -0.4 is 14.8 Å². The minimum atomic E-state index is -0.288. The molecule has 2 aromatic carbocycles. The Morgan fingerprint density at radius 2 is 1.79 bits per heavy atom. The molecule has 1 atom stereocenters. The molecule has 0 radical (unpaired) electrons. The first-order valence-electron chi connectivity index (χ1n) is 7.76. The summed E-state index contributed by atoms with van der Waals surface area (Å²) >= 11 is 0. The van der Waals surface area contributed by atoms with E-state index in [1.807, 2.05) is 55.5 Å². The van der Waals surface area contributed by atoms with Crippen molar-refractivity contribution in [3.63, 3.8) is 0 Å². The van der Waals surface area contributed by atoms with Gasteiger partial charge in [-0.2, -0.15) is 0 Å². The maximum absolute atomic E-state index is 12.0. The van der Waals surface area contributed by atoms with Crippen LogP contribution in [0.3, 0.4) is 0 Å². The third-order valence-corrected chi connectivity index (χ3v) is 3.65. The zero-order valence-corrected chi connectivity index (χ0v) is 14.2. The van der Waals surface area contributed by atoms with Crippen LogP contribution in [0.4, 0.5) is 0 Å². The maximum atomic E-state index is 12.0. The smallest absolute Gasteiger partial charge is 0.258 e. The van der Waals surface area contributed by atoms with Crippen LogP contribution in [0.5, 0.6) is 11.5 Å². The van der Waals surface area contributed by atoms with E-state index in [0.717, 1.165) is 16.9 Å². The van der Waals surface area contributed by atoms with Crippen LogP contribution in [0, 0.1) is 6.92 Å². The molecule has 5 nitrogen and oxygen atoms in total. The Kier molecular flexibility index (Phi) is 6.63. The number of amides is 1. The number of benzene rings is 2. The lowest BCUT2D eigenvalue weighted by molar-refractivity contribution is -0.123. The van der Waals surface area contributed by atoms with Gasteiger partial charge in [-0.25, -0.2) is 0 Å². The monoisotopic (exact) mass is 329 g/mol. The number of hydrogen-bond acceptors (Lipinski definition) is 4. The summed E-state index contributed by atoms with van der Waals surface area (Å²) in [5.41, 5.74) is 2.04. The van der Waals surface area contributed by atoms with Crippen molar-refractivity contribution in [1.82, 2.24) is 5.32 Å². The first-order chi connectivity index (χ1) is 11.6. The van der Waals surface area contributed by atoms with E-state index >= 15 is 0 Å². The van der Waals surface area contributed by atoms with Crippen molar-refractivity contribution in [1.29, 1.82) is 0 Å². The highest BCUT2D eigenvalue weighted by Gasteiger charge is 2.16. The summed E-state index contributed by atoms with van der Waals surface area (Å²) in [6.45, 7) is 2.30. The molecule has 5 heteroatoms. The van der Waals surface area contributed by atoms with Crippen LogP contribution >= 0.6 is 0 Å². The zero-order chi connectivity index (χ0) is 17.4. The van der Waals surface area contributed by atoms with Crippen molar-refractivity contribution in [2.45, 2.75) is 13.0 Å². The number of nitrogens with one attached hydrogen (secondary N) is 1. The fourth-order valence-electron chi connectivity index (χ4n) is 2.29. The average molecular weight is 329 g/mol. The van der Waals surface area contributed by atoms with Crippen LogP contribution in [0.15, 0.2) is 48.5 Å². The summed E-state index contributed by atoms with van der Waals surface area (Å²) < 4.78 is 16.3. The van der Waals surface area contributed by atoms with Crippen molar-refractivity contribution in [2.24, 2.45) is 0 Å². The van der Waals surface area contributed by atoms with Gasteiger partial charge >= 0.3 is 0 Å². The van der Waals surface area contributed by atoms with E-state index in [1.54, 1.807) is 14.2 Å². The predicted octanol–water partition coefficient (Wildman–Crippen LogP) is 2.89. The molecule has 0 aliphatic heterocycles. The van der Waals surface area contributed by atoms with E-state index in [1.165, 1.54) is 0 Å². The molecular formula is C19H23NO4. The maximum Gasteiger partial charge on any atom is 0.258 e. The SMILES string of the molecule is COc1ccccc1C(CNC(=O)COc1ccc(C)cc1)OC. The number of methoxy groups -OCH3 is 2. The van der Waals surface area contributed by atoms with Gasteiger partial charge in [0.05, 0.1) is 7.11 Å². The highest BCUT2D eigenvalue weighted by atomic mass is 16.5. The molecule has 0 saturated carbocycles. The van der Waals surface area contributed by atoms with E-state index in [-0.39, 0.29) is 18.6 Å². The Morgan fingerprint density at radius 3 is 2.46 bits per heavy atom. The van der Waals surface area contributed by atoms with Gasteiger partial charge in [0.2, 0.25) is 0 Å². The Morgan fingerprint density at radius 1 is 1.08 bits per heavy atom. The average Bonchev–Trinajstić information content (AvgIpc) is 2.62. The van der Waals surface area contributed by atoms with Crippen LogP contribution in [-0.4, -0.2) is 33.3 Å². The van der Waals surface area contributed by atoms with Gasteiger partial charge in [-0.1, -0.05) is 35.9 Å². The van der Waals surface area contributed by atoms with Gasteiger partial charge in [0.25, 0.3) is 5.91 Å². The van der Waals surface area contributed by atoms with Crippen LogP contribution in [0.25, 0.3) is 0 Å². The number of carbonyl (C=O) groups excluding carboxylic acids is 1. The van der Waals surface area contributed by atoms with Gasteiger partial charge in [-0.05, 0) is 25.1 Å².